The van der Waals surface area contributed by atoms with Crippen LogP contribution in [0.15, 0.2) is 45.4 Å². The van der Waals surface area contributed by atoms with Gasteiger partial charge in [-0.05, 0) is 42.2 Å². The molecule has 0 bridgehead atoms. The molecule has 31 heavy (non-hydrogen) atoms. The van der Waals surface area contributed by atoms with Gasteiger partial charge in [-0.1, -0.05) is 18.4 Å². The van der Waals surface area contributed by atoms with Crippen LogP contribution in [0.4, 0.5) is 0 Å². The lowest BCUT2D eigenvalue weighted by atomic mass is 9.83. The summed E-state index contributed by atoms with van der Waals surface area (Å²) in [4.78, 5) is 29.8. The number of hydrogen-bond donors (Lipinski definition) is 1. The minimum absolute atomic E-state index is 0.122. The van der Waals surface area contributed by atoms with E-state index in [0.29, 0.717) is 11.6 Å². The van der Waals surface area contributed by atoms with Crippen molar-refractivity contribution >= 4 is 11.3 Å². The SMILES string of the molecule is Cn1c(=O)c(-c2nn[nH]n2)cn(-c2cccc(C#Cc3nc(C4CCC4)cs3)c2)c1=O. The number of aromatic nitrogens is 7. The van der Waals surface area contributed by atoms with Gasteiger partial charge in [0, 0.05) is 30.1 Å². The fraction of sp³-hybridized carbons (Fsp3) is 0.238. The van der Waals surface area contributed by atoms with Crippen LogP contribution in [-0.4, -0.2) is 34.7 Å². The molecule has 5 rings (SSSR count). The molecule has 0 unspecified atom stereocenters. The first-order valence-electron chi connectivity index (χ1n) is 9.74. The molecule has 0 amide bonds. The lowest BCUT2D eigenvalue weighted by Crippen LogP contribution is -2.37. The molecule has 0 saturated heterocycles. The topological polar surface area (TPSA) is 111 Å². The van der Waals surface area contributed by atoms with Crippen molar-refractivity contribution in [1.82, 2.24) is 34.7 Å². The number of aromatic amines is 1. The molecule has 1 aliphatic carbocycles. The van der Waals surface area contributed by atoms with Crippen molar-refractivity contribution in [1.29, 1.82) is 0 Å². The van der Waals surface area contributed by atoms with Crippen molar-refractivity contribution in [3.05, 3.63) is 72.9 Å². The first-order chi connectivity index (χ1) is 15.1. The standard InChI is InChI=1S/C21H17N7O2S/c1-27-20(29)16(19-23-25-26-24-19)11-28(21(27)30)15-7-2-4-13(10-15)8-9-18-22-17(12-31-18)14-5-3-6-14/h2,4,7,10-12,14H,3,5-6H2,1H3,(H,23,24,25,26). The summed E-state index contributed by atoms with van der Waals surface area (Å²) in [5.41, 5.74) is 1.64. The van der Waals surface area contributed by atoms with E-state index in [1.54, 1.807) is 23.5 Å². The fourth-order valence-corrected chi connectivity index (χ4v) is 4.12. The third kappa shape index (κ3) is 3.60. The number of hydrogen-bond acceptors (Lipinski definition) is 7. The van der Waals surface area contributed by atoms with Crippen molar-refractivity contribution in [2.45, 2.75) is 25.2 Å². The molecule has 1 aliphatic rings. The number of benzene rings is 1. The highest BCUT2D eigenvalue weighted by Gasteiger charge is 2.21. The molecule has 10 heteroatoms. The summed E-state index contributed by atoms with van der Waals surface area (Å²) in [5.74, 6) is 6.94. The normalized spacial score (nSPS) is 13.5. The zero-order chi connectivity index (χ0) is 21.4. The van der Waals surface area contributed by atoms with E-state index in [1.807, 2.05) is 12.1 Å². The third-order valence-electron chi connectivity index (χ3n) is 5.36. The average Bonchev–Trinajstić information content (AvgIpc) is 3.42. The summed E-state index contributed by atoms with van der Waals surface area (Å²) in [6, 6.07) is 7.24. The van der Waals surface area contributed by atoms with E-state index < -0.39 is 11.2 Å². The Morgan fingerprint density at radius 2 is 2.10 bits per heavy atom. The molecule has 0 spiro atoms. The maximum atomic E-state index is 12.7. The summed E-state index contributed by atoms with van der Waals surface area (Å²) in [6.45, 7) is 0. The highest BCUT2D eigenvalue weighted by molar-refractivity contribution is 7.10. The van der Waals surface area contributed by atoms with Crippen molar-refractivity contribution in [3.8, 4) is 28.9 Å². The smallest absolute Gasteiger partial charge is 0.268 e. The number of rotatable bonds is 3. The summed E-state index contributed by atoms with van der Waals surface area (Å²) < 4.78 is 2.39. The lowest BCUT2D eigenvalue weighted by molar-refractivity contribution is 0.412. The second-order valence-electron chi connectivity index (χ2n) is 7.30. The van der Waals surface area contributed by atoms with Crippen LogP contribution in [0.1, 0.15) is 41.4 Å². The van der Waals surface area contributed by atoms with Gasteiger partial charge in [-0.2, -0.15) is 5.21 Å². The van der Waals surface area contributed by atoms with Crippen LogP contribution in [-0.2, 0) is 7.05 Å². The Bertz CT molecular complexity index is 1430. The van der Waals surface area contributed by atoms with Gasteiger partial charge in [-0.25, -0.2) is 9.78 Å². The van der Waals surface area contributed by atoms with E-state index in [9.17, 15) is 9.59 Å². The predicted octanol–water partition coefficient (Wildman–Crippen LogP) is 1.84. The van der Waals surface area contributed by atoms with Gasteiger partial charge in [-0.15, -0.1) is 21.5 Å². The Balaban J connectivity index is 1.50. The van der Waals surface area contributed by atoms with Crippen LogP contribution in [0.3, 0.4) is 0 Å². The molecule has 1 aromatic carbocycles. The molecule has 3 heterocycles. The minimum atomic E-state index is -0.496. The van der Waals surface area contributed by atoms with Crippen LogP contribution in [0, 0.1) is 11.8 Å². The Hall–Kier alpha value is -3.84. The number of H-pyrrole nitrogens is 1. The van der Waals surface area contributed by atoms with Crippen LogP contribution < -0.4 is 11.2 Å². The van der Waals surface area contributed by atoms with E-state index in [2.05, 4.69) is 42.8 Å². The molecule has 0 atom stereocenters. The Labute approximate surface area is 180 Å². The molecule has 1 saturated carbocycles. The number of nitrogens with zero attached hydrogens (tertiary/aromatic N) is 6. The van der Waals surface area contributed by atoms with Crippen LogP contribution in [0.5, 0.6) is 0 Å². The molecule has 0 radical (unpaired) electrons. The molecule has 154 valence electrons. The van der Waals surface area contributed by atoms with Gasteiger partial charge in [0.05, 0.1) is 11.4 Å². The van der Waals surface area contributed by atoms with E-state index in [1.165, 1.54) is 37.1 Å². The summed E-state index contributed by atoms with van der Waals surface area (Å²) in [5, 5.41) is 16.4. The highest BCUT2D eigenvalue weighted by Crippen LogP contribution is 2.36. The van der Waals surface area contributed by atoms with Gasteiger partial charge >= 0.3 is 5.69 Å². The summed E-state index contributed by atoms with van der Waals surface area (Å²) in [7, 11) is 1.41. The second kappa shape index (κ2) is 7.77. The molecule has 3 aromatic heterocycles. The van der Waals surface area contributed by atoms with Gasteiger partial charge in [-0.3, -0.25) is 13.9 Å². The van der Waals surface area contributed by atoms with Crippen LogP contribution in [0.2, 0.25) is 0 Å². The molecular formula is C21H17N7O2S. The Morgan fingerprint density at radius 3 is 2.84 bits per heavy atom. The van der Waals surface area contributed by atoms with E-state index in [-0.39, 0.29) is 11.4 Å². The maximum Gasteiger partial charge on any atom is 0.335 e. The number of nitrogens with one attached hydrogen (secondary N) is 1. The largest absolute Gasteiger partial charge is 0.335 e. The van der Waals surface area contributed by atoms with Crippen molar-refractivity contribution < 1.29 is 0 Å². The van der Waals surface area contributed by atoms with E-state index >= 15 is 0 Å². The molecule has 4 aromatic rings. The predicted molar refractivity (Wildman–Crippen MR) is 115 cm³/mol. The summed E-state index contributed by atoms with van der Waals surface area (Å²) in [6.07, 6.45) is 5.11. The average molecular weight is 431 g/mol. The Kier molecular flexibility index (Phi) is 4.80. The third-order valence-corrected chi connectivity index (χ3v) is 6.13. The van der Waals surface area contributed by atoms with Crippen LogP contribution in [0.25, 0.3) is 17.1 Å². The van der Waals surface area contributed by atoms with Gasteiger partial charge in [0.25, 0.3) is 5.56 Å². The van der Waals surface area contributed by atoms with Gasteiger partial charge in [0.15, 0.2) is 5.01 Å². The van der Waals surface area contributed by atoms with Crippen LogP contribution >= 0.6 is 11.3 Å². The molecule has 1 fully saturated rings. The zero-order valence-electron chi connectivity index (χ0n) is 16.6. The summed E-state index contributed by atoms with van der Waals surface area (Å²) >= 11 is 1.55. The zero-order valence-corrected chi connectivity index (χ0v) is 17.4. The van der Waals surface area contributed by atoms with Crippen molar-refractivity contribution in [2.75, 3.05) is 0 Å². The Morgan fingerprint density at radius 1 is 1.23 bits per heavy atom. The molecule has 9 nitrogen and oxygen atoms in total. The first-order valence-corrected chi connectivity index (χ1v) is 10.6. The maximum absolute atomic E-state index is 12.7. The molecular weight excluding hydrogens is 414 g/mol. The first kappa shape index (κ1) is 19.1. The monoisotopic (exact) mass is 431 g/mol. The highest BCUT2D eigenvalue weighted by atomic mass is 32.1. The van der Waals surface area contributed by atoms with E-state index in [0.717, 1.165) is 20.8 Å². The number of thiazole rings is 1. The number of tetrazole rings is 1. The van der Waals surface area contributed by atoms with Gasteiger partial charge in [0.2, 0.25) is 5.82 Å². The fourth-order valence-electron chi connectivity index (χ4n) is 3.38. The van der Waals surface area contributed by atoms with Crippen molar-refractivity contribution in [2.24, 2.45) is 7.05 Å². The van der Waals surface area contributed by atoms with E-state index in [4.69, 9.17) is 0 Å². The molecule has 0 aliphatic heterocycles. The lowest BCUT2D eigenvalue weighted by Gasteiger charge is -2.22. The minimum Gasteiger partial charge on any atom is -0.268 e. The quantitative estimate of drug-likeness (QED) is 0.496. The second-order valence-corrected chi connectivity index (χ2v) is 8.16. The van der Waals surface area contributed by atoms with Gasteiger partial charge in [0.1, 0.15) is 5.56 Å². The molecule has 1 N–H and O–H groups in total. The van der Waals surface area contributed by atoms with Gasteiger partial charge < -0.3 is 0 Å². The van der Waals surface area contributed by atoms with Crippen molar-refractivity contribution in [3.63, 3.8) is 0 Å².